The first-order valence-electron chi connectivity index (χ1n) is 6.23. The summed E-state index contributed by atoms with van der Waals surface area (Å²) in [5, 5.41) is 3.14. The zero-order valence-corrected chi connectivity index (χ0v) is 13.1. The number of hydrogen-bond acceptors (Lipinski definition) is 4. The molecule has 2 aromatic rings. The lowest BCUT2D eigenvalue weighted by Gasteiger charge is -2.16. The van der Waals surface area contributed by atoms with E-state index < -0.39 is 0 Å². The zero-order chi connectivity index (χ0) is 14.9. The van der Waals surface area contributed by atoms with Gasteiger partial charge in [-0.3, -0.25) is 0 Å². The molecule has 0 saturated heterocycles. The van der Waals surface area contributed by atoms with Gasteiger partial charge in [0.15, 0.2) is 0 Å². The Labute approximate surface area is 125 Å². The van der Waals surface area contributed by atoms with Gasteiger partial charge in [-0.05, 0) is 46.5 Å². The van der Waals surface area contributed by atoms with Crippen LogP contribution in [0.1, 0.15) is 30.9 Å². The lowest BCUT2D eigenvalue weighted by Crippen LogP contribution is -2.07. The number of nitrogens with two attached hydrogens (primary N) is 1. The molecular formula is C14H16BrFN4. The molecule has 0 aliphatic rings. The van der Waals surface area contributed by atoms with Crippen LogP contribution in [0.5, 0.6) is 0 Å². The average molecular weight is 339 g/mol. The van der Waals surface area contributed by atoms with Gasteiger partial charge in [-0.15, -0.1) is 0 Å². The number of rotatable bonds is 3. The molecule has 0 radical (unpaired) electrons. The van der Waals surface area contributed by atoms with Crippen LogP contribution in [0.15, 0.2) is 22.9 Å². The van der Waals surface area contributed by atoms with Crippen molar-refractivity contribution < 1.29 is 4.39 Å². The third kappa shape index (κ3) is 2.90. The summed E-state index contributed by atoms with van der Waals surface area (Å²) in [4.78, 5) is 8.21. The third-order valence-corrected chi connectivity index (χ3v) is 3.62. The molecule has 1 aromatic carbocycles. The smallest absolute Gasteiger partial charge is 0.139 e. The molecule has 2 rings (SSSR count). The average Bonchev–Trinajstić information content (AvgIpc) is 2.35. The van der Waals surface area contributed by atoms with Crippen LogP contribution >= 0.6 is 15.9 Å². The second-order valence-electron chi connectivity index (χ2n) is 4.88. The van der Waals surface area contributed by atoms with Gasteiger partial charge in [0.25, 0.3) is 0 Å². The number of halogens is 2. The minimum Gasteiger partial charge on any atom is -0.383 e. The highest BCUT2D eigenvalue weighted by Crippen LogP contribution is 2.31. The molecule has 0 saturated carbocycles. The van der Waals surface area contributed by atoms with Crippen molar-refractivity contribution in [2.24, 2.45) is 0 Å². The second kappa shape index (κ2) is 5.75. The molecule has 1 heterocycles. The lowest BCUT2D eigenvalue weighted by atomic mass is 10.0. The quantitative estimate of drug-likeness (QED) is 0.882. The van der Waals surface area contributed by atoms with Crippen LogP contribution in [-0.2, 0) is 0 Å². The van der Waals surface area contributed by atoms with E-state index in [9.17, 15) is 4.39 Å². The van der Waals surface area contributed by atoms with Gasteiger partial charge in [0, 0.05) is 11.3 Å². The molecule has 0 fully saturated rings. The summed E-state index contributed by atoms with van der Waals surface area (Å²) in [5.74, 6) is 0.885. The van der Waals surface area contributed by atoms with Crippen molar-refractivity contribution in [3.05, 3.63) is 39.9 Å². The molecule has 1 aromatic heterocycles. The summed E-state index contributed by atoms with van der Waals surface area (Å²) >= 11 is 3.17. The lowest BCUT2D eigenvalue weighted by molar-refractivity contribution is 0.621. The van der Waals surface area contributed by atoms with Crippen molar-refractivity contribution in [1.82, 2.24) is 9.97 Å². The summed E-state index contributed by atoms with van der Waals surface area (Å²) in [6.45, 7) is 5.91. The van der Waals surface area contributed by atoms with Gasteiger partial charge in [0.2, 0.25) is 0 Å². The van der Waals surface area contributed by atoms with Crippen molar-refractivity contribution in [1.29, 1.82) is 0 Å². The monoisotopic (exact) mass is 338 g/mol. The highest BCUT2D eigenvalue weighted by Gasteiger charge is 2.14. The van der Waals surface area contributed by atoms with Crippen molar-refractivity contribution in [3.8, 4) is 0 Å². The van der Waals surface area contributed by atoms with Gasteiger partial charge < -0.3 is 11.1 Å². The fraction of sp³-hybridized carbons (Fsp3) is 0.286. The maximum absolute atomic E-state index is 13.7. The Hall–Kier alpha value is -1.69. The highest BCUT2D eigenvalue weighted by atomic mass is 79.9. The van der Waals surface area contributed by atoms with E-state index in [2.05, 4.69) is 31.2 Å². The zero-order valence-electron chi connectivity index (χ0n) is 11.5. The second-order valence-corrected chi connectivity index (χ2v) is 5.74. The molecule has 0 spiro atoms. The van der Waals surface area contributed by atoms with E-state index in [4.69, 9.17) is 5.73 Å². The van der Waals surface area contributed by atoms with E-state index in [1.807, 2.05) is 20.8 Å². The highest BCUT2D eigenvalue weighted by molar-refractivity contribution is 9.10. The Kier molecular flexibility index (Phi) is 4.23. The summed E-state index contributed by atoms with van der Waals surface area (Å²) in [6.07, 6.45) is 1.40. The minimum absolute atomic E-state index is 0.166. The topological polar surface area (TPSA) is 63.8 Å². The maximum Gasteiger partial charge on any atom is 0.139 e. The number of hydrogen-bond donors (Lipinski definition) is 2. The van der Waals surface area contributed by atoms with Gasteiger partial charge in [0.05, 0.1) is 4.47 Å². The summed E-state index contributed by atoms with van der Waals surface area (Å²) < 4.78 is 14.1. The van der Waals surface area contributed by atoms with Crippen LogP contribution in [0.3, 0.4) is 0 Å². The SMILES string of the molecule is Cc1cc(Br)c(F)cc1Nc1ncnc(N)c1C(C)C. The summed E-state index contributed by atoms with van der Waals surface area (Å²) in [5.41, 5.74) is 8.29. The summed E-state index contributed by atoms with van der Waals surface area (Å²) in [7, 11) is 0. The number of nitrogens with one attached hydrogen (secondary N) is 1. The number of anilines is 3. The van der Waals surface area contributed by atoms with Crippen LogP contribution in [0.2, 0.25) is 0 Å². The standard InChI is InChI=1S/C14H16BrFN4/c1-7(2)12-13(17)18-6-19-14(12)20-11-5-10(16)9(15)4-8(11)3/h4-7H,1-3H3,(H3,17,18,19,20). The number of aryl methyl sites for hydroxylation is 1. The Bertz CT molecular complexity index is 643. The Balaban J connectivity index is 2.45. The van der Waals surface area contributed by atoms with E-state index in [1.165, 1.54) is 12.4 Å². The molecule has 0 aliphatic heterocycles. The van der Waals surface area contributed by atoms with Gasteiger partial charge in [0.1, 0.15) is 23.8 Å². The van der Waals surface area contributed by atoms with Gasteiger partial charge >= 0.3 is 0 Å². The van der Waals surface area contributed by atoms with Gasteiger partial charge in [-0.2, -0.15) is 0 Å². The van der Waals surface area contributed by atoms with E-state index in [0.29, 0.717) is 21.8 Å². The number of nitrogen functional groups attached to an aromatic ring is 1. The van der Waals surface area contributed by atoms with Crippen LogP contribution in [0, 0.1) is 12.7 Å². The van der Waals surface area contributed by atoms with Crippen molar-refractivity contribution >= 4 is 33.3 Å². The molecule has 0 atom stereocenters. The van der Waals surface area contributed by atoms with Gasteiger partial charge in [-0.25, -0.2) is 14.4 Å². The molecule has 3 N–H and O–H groups in total. The van der Waals surface area contributed by atoms with Crippen molar-refractivity contribution in [2.75, 3.05) is 11.1 Å². The maximum atomic E-state index is 13.7. The van der Waals surface area contributed by atoms with E-state index >= 15 is 0 Å². The van der Waals surface area contributed by atoms with Crippen LogP contribution < -0.4 is 11.1 Å². The molecule has 0 bridgehead atoms. The van der Waals surface area contributed by atoms with E-state index in [-0.39, 0.29) is 11.7 Å². The molecule has 6 heteroatoms. The number of nitrogens with zero attached hydrogens (tertiary/aromatic N) is 2. The minimum atomic E-state index is -0.328. The van der Waals surface area contributed by atoms with Crippen molar-refractivity contribution in [3.63, 3.8) is 0 Å². The Morgan fingerprint density at radius 2 is 2.00 bits per heavy atom. The molecule has 0 aliphatic carbocycles. The molecule has 4 nitrogen and oxygen atoms in total. The molecule has 106 valence electrons. The Morgan fingerprint density at radius 3 is 2.65 bits per heavy atom. The fourth-order valence-corrected chi connectivity index (χ4v) is 2.44. The number of benzene rings is 1. The van der Waals surface area contributed by atoms with Crippen LogP contribution in [0.4, 0.5) is 21.7 Å². The van der Waals surface area contributed by atoms with E-state index in [1.54, 1.807) is 6.07 Å². The molecule has 0 unspecified atom stereocenters. The largest absolute Gasteiger partial charge is 0.383 e. The molecule has 20 heavy (non-hydrogen) atoms. The predicted molar refractivity (Wildman–Crippen MR) is 82.7 cm³/mol. The summed E-state index contributed by atoms with van der Waals surface area (Å²) in [6, 6.07) is 3.15. The fourth-order valence-electron chi connectivity index (χ4n) is 1.99. The van der Waals surface area contributed by atoms with Gasteiger partial charge in [-0.1, -0.05) is 13.8 Å². The predicted octanol–water partition coefficient (Wildman–Crippen LogP) is 4.14. The normalized spacial score (nSPS) is 10.9. The van der Waals surface area contributed by atoms with Crippen LogP contribution in [0.25, 0.3) is 0 Å². The Morgan fingerprint density at radius 1 is 1.30 bits per heavy atom. The van der Waals surface area contributed by atoms with Crippen molar-refractivity contribution in [2.45, 2.75) is 26.7 Å². The molecular weight excluding hydrogens is 323 g/mol. The van der Waals surface area contributed by atoms with E-state index in [0.717, 1.165) is 11.1 Å². The first kappa shape index (κ1) is 14.7. The molecule has 0 amide bonds. The number of aromatic nitrogens is 2. The third-order valence-electron chi connectivity index (χ3n) is 3.01. The van der Waals surface area contributed by atoms with Crippen LogP contribution in [-0.4, -0.2) is 9.97 Å². The first-order chi connectivity index (χ1) is 9.40. The first-order valence-corrected chi connectivity index (χ1v) is 7.02.